The standard InChI is InChI=1S/C28H30O6/c1-4-32-21-15-23(33-5-2)26-24(16-21)34-28(19-11-13-20(31-3)14-12-19)22(17-25(29)27(26,28)30)18-9-7-6-8-10-18/h6-16,22,25,29-30H,4-5,17H2,1-3H3/t22?,25?,27-,28+/m0/s1. The predicted octanol–water partition coefficient (Wildman–Crippen LogP) is 4.52. The molecule has 0 spiro atoms. The van der Waals surface area contributed by atoms with Crippen LogP contribution in [0, 0.1) is 0 Å². The smallest absolute Gasteiger partial charge is 0.176 e. The SMILES string of the molecule is CCOc1cc(OCC)c2c(c1)O[C@]1(c3ccc(OC)cc3)C(c3ccccc3)CC(O)[C@]21O. The number of aliphatic hydroxyl groups excluding tert-OH is 1. The highest BCUT2D eigenvalue weighted by molar-refractivity contribution is 5.62. The van der Waals surface area contributed by atoms with E-state index in [-0.39, 0.29) is 5.92 Å². The molecule has 2 aliphatic rings. The summed E-state index contributed by atoms with van der Waals surface area (Å²) in [5, 5.41) is 24.0. The molecule has 0 aromatic heterocycles. The van der Waals surface area contributed by atoms with Gasteiger partial charge in [0.25, 0.3) is 0 Å². The Hall–Kier alpha value is -3.22. The summed E-state index contributed by atoms with van der Waals surface area (Å²) >= 11 is 0. The van der Waals surface area contributed by atoms with Gasteiger partial charge in [0.2, 0.25) is 0 Å². The molecule has 34 heavy (non-hydrogen) atoms. The fraction of sp³-hybridized carbons (Fsp3) is 0.357. The lowest BCUT2D eigenvalue weighted by Crippen LogP contribution is -2.52. The third-order valence-corrected chi connectivity index (χ3v) is 7.02. The maximum absolute atomic E-state index is 12.5. The van der Waals surface area contributed by atoms with Crippen molar-refractivity contribution in [1.82, 2.24) is 0 Å². The fourth-order valence-electron chi connectivity index (χ4n) is 5.66. The van der Waals surface area contributed by atoms with Crippen molar-refractivity contribution < 1.29 is 29.2 Å². The van der Waals surface area contributed by atoms with Gasteiger partial charge in [-0.3, -0.25) is 0 Å². The molecule has 3 aromatic rings. The van der Waals surface area contributed by atoms with E-state index in [0.29, 0.717) is 48.2 Å². The predicted molar refractivity (Wildman–Crippen MR) is 128 cm³/mol. The number of hydrogen-bond donors (Lipinski definition) is 2. The van der Waals surface area contributed by atoms with Crippen molar-refractivity contribution in [2.45, 2.75) is 43.5 Å². The van der Waals surface area contributed by atoms with Crippen molar-refractivity contribution in [3.8, 4) is 23.0 Å². The summed E-state index contributed by atoms with van der Waals surface area (Å²) in [7, 11) is 1.61. The van der Waals surface area contributed by atoms with Crippen molar-refractivity contribution in [3.05, 3.63) is 83.4 Å². The molecule has 2 unspecified atom stereocenters. The summed E-state index contributed by atoms with van der Waals surface area (Å²) in [5.74, 6) is 1.87. The molecule has 0 saturated heterocycles. The lowest BCUT2D eigenvalue weighted by Gasteiger charge is -2.40. The van der Waals surface area contributed by atoms with Crippen LogP contribution in [0.15, 0.2) is 66.7 Å². The highest BCUT2D eigenvalue weighted by Gasteiger charge is 2.73. The fourth-order valence-corrected chi connectivity index (χ4v) is 5.66. The Morgan fingerprint density at radius 2 is 1.65 bits per heavy atom. The van der Waals surface area contributed by atoms with E-state index in [1.807, 2.05) is 68.4 Å². The Morgan fingerprint density at radius 3 is 2.29 bits per heavy atom. The van der Waals surface area contributed by atoms with Gasteiger partial charge in [-0.2, -0.15) is 0 Å². The molecule has 178 valence electrons. The summed E-state index contributed by atoms with van der Waals surface area (Å²) in [6.07, 6.45) is -0.761. The molecule has 6 heteroatoms. The molecule has 3 aromatic carbocycles. The number of fused-ring (bicyclic) bond motifs is 3. The molecule has 6 nitrogen and oxygen atoms in total. The van der Waals surface area contributed by atoms with Crippen LogP contribution in [0.3, 0.4) is 0 Å². The van der Waals surface area contributed by atoms with Crippen LogP contribution in [-0.2, 0) is 11.2 Å². The topological polar surface area (TPSA) is 77.4 Å². The van der Waals surface area contributed by atoms with Crippen molar-refractivity contribution >= 4 is 0 Å². The van der Waals surface area contributed by atoms with Gasteiger partial charge in [0.15, 0.2) is 11.2 Å². The lowest BCUT2D eigenvalue weighted by molar-refractivity contribution is -0.150. The molecule has 1 aliphatic carbocycles. The van der Waals surface area contributed by atoms with E-state index in [4.69, 9.17) is 18.9 Å². The first-order valence-electron chi connectivity index (χ1n) is 11.7. The summed E-state index contributed by atoms with van der Waals surface area (Å²) in [6, 6.07) is 20.9. The maximum Gasteiger partial charge on any atom is 0.176 e. The minimum Gasteiger partial charge on any atom is -0.497 e. The van der Waals surface area contributed by atoms with Crippen LogP contribution in [0.1, 0.15) is 42.9 Å². The van der Waals surface area contributed by atoms with E-state index in [1.165, 1.54) is 0 Å². The van der Waals surface area contributed by atoms with E-state index in [1.54, 1.807) is 19.2 Å². The normalized spacial score (nSPS) is 27.0. The Bertz CT molecular complexity index is 1160. The number of benzene rings is 3. The Morgan fingerprint density at radius 1 is 0.941 bits per heavy atom. The molecule has 4 atom stereocenters. The minimum absolute atomic E-state index is 0.320. The van der Waals surface area contributed by atoms with Gasteiger partial charge in [-0.15, -0.1) is 0 Å². The third-order valence-electron chi connectivity index (χ3n) is 7.02. The van der Waals surface area contributed by atoms with Gasteiger partial charge >= 0.3 is 0 Å². The van der Waals surface area contributed by atoms with Gasteiger partial charge in [-0.25, -0.2) is 0 Å². The van der Waals surface area contributed by atoms with Crippen LogP contribution in [-0.4, -0.2) is 36.6 Å². The largest absolute Gasteiger partial charge is 0.497 e. The van der Waals surface area contributed by atoms with Crippen molar-refractivity contribution in [3.63, 3.8) is 0 Å². The first-order valence-corrected chi connectivity index (χ1v) is 11.7. The maximum atomic E-state index is 12.5. The Labute approximate surface area is 199 Å². The van der Waals surface area contributed by atoms with Crippen LogP contribution in [0.2, 0.25) is 0 Å². The summed E-state index contributed by atoms with van der Waals surface area (Å²) < 4.78 is 23.9. The zero-order valence-corrected chi connectivity index (χ0v) is 19.7. The minimum atomic E-state index is -1.74. The molecule has 1 heterocycles. The Balaban J connectivity index is 1.78. The molecule has 5 rings (SSSR count). The molecule has 0 bridgehead atoms. The second-order valence-electron chi connectivity index (χ2n) is 8.71. The van der Waals surface area contributed by atoms with E-state index in [2.05, 4.69) is 0 Å². The van der Waals surface area contributed by atoms with Gasteiger partial charge in [0, 0.05) is 18.1 Å². The van der Waals surface area contributed by atoms with Gasteiger partial charge in [0.1, 0.15) is 23.0 Å². The monoisotopic (exact) mass is 462 g/mol. The molecule has 2 N–H and O–H groups in total. The van der Waals surface area contributed by atoms with Crippen LogP contribution < -0.4 is 18.9 Å². The first-order chi connectivity index (χ1) is 16.5. The number of ether oxygens (including phenoxy) is 4. The van der Waals surface area contributed by atoms with Gasteiger partial charge in [0.05, 0.1) is 32.0 Å². The molecule has 1 saturated carbocycles. The van der Waals surface area contributed by atoms with Crippen molar-refractivity contribution in [2.75, 3.05) is 20.3 Å². The second-order valence-corrected chi connectivity index (χ2v) is 8.71. The zero-order chi connectivity index (χ0) is 23.9. The number of hydrogen-bond acceptors (Lipinski definition) is 6. The molecular formula is C28H30O6. The first kappa shape index (κ1) is 22.6. The molecule has 0 radical (unpaired) electrons. The average molecular weight is 463 g/mol. The van der Waals surface area contributed by atoms with Crippen molar-refractivity contribution in [2.24, 2.45) is 0 Å². The van der Waals surface area contributed by atoms with Crippen LogP contribution in [0.4, 0.5) is 0 Å². The Kier molecular flexibility index (Phi) is 5.66. The van der Waals surface area contributed by atoms with Crippen LogP contribution in [0.5, 0.6) is 23.0 Å². The van der Waals surface area contributed by atoms with E-state index >= 15 is 0 Å². The highest BCUT2D eigenvalue weighted by atomic mass is 16.5. The van der Waals surface area contributed by atoms with E-state index in [9.17, 15) is 10.2 Å². The van der Waals surface area contributed by atoms with Gasteiger partial charge < -0.3 is 29.2 Å². The number of methoxy groups -OCH3 is 1. The average Bonchev–Trinajstić information content (AvgIpc) is 3.25. The van der Waals surface area contributed by atoms with Crippen LogP contribution in [0.25, 0.3) is 0 Å². The lowest BCUT2D eigenvalue weighted by atomic mass is 9.71. The second kappa shape index (κ2) is 8.53. The molecule has 1 fully saturated rings. The third kappa shape index (κ3) is 3.09. The van der Waals surface area contributed by atoms with Crippen LogP contribution >= 0.6 is 0 Å². The van der Waals surface area contributed by atoms with Gasteiger partial charge in [-0.05, 0) is 43.5 Å². The van der Waals surface area contributed by atoms with Gasteiger partial charge in [-0.1, -0.05) is 42.5 Å². The van der Waals surface area contributed by atoms with E-state index in [0.717, 1.165) is 11.1 Å². The number of aliphatic hydroxyl groups is 2. The zero-order valence-electron chi connectivity index (χ0n) is 19.7. The quantitative estimate of drug-likeness (QED) is 0.538. The molecular weight excluding hydrogens is 432 g/mol. The molecule has 0 amide bonds. The van der Waals surface area contributed by atoms with Crippen molar-refractivity contribution in [1.29, 1.82) is 0 Å². The summed E-state index contributed by atoms with van der Waals surface area (Å²) in [6.45, 7) is 4.66. The molecule has 1 aliphatic heterocycles. The van der Waals surface area contributed by atoms with E-state index < -0.39 is 17.3 Å². The summed E-state index contributed by atoms with van der Waals surface area (Å²) in [4.78, 5) is 0. The number of rotatable bonds is 7. The highest BCUT2D eigenvalue weighted by Crippen LogP contribution is 2.68. The summed E-state index contributed by atoms with van der Waals surface area (Å²) in [5.41, 5.74) is -0.840.